The average Bonchev–Trinajstić information content (AvgIpc) is 2.96. The van der Waals surface area contributed by atoms with Gasteiger partial charge in [-0.15, -0.1) is 12.4 Å². The van der Waals surface area contributed by atoms with Crippen LogP contribution in [0.4, 0.5) is 13.2 Å². The SMILES string of the molecule is CN(CCOCC(F)(F)F)C(CN)C1CC1.Cl. The molecule has 1 saturated carbocycles. The lowest BCUT2D eigenvalue weighted by atomic mass is 10.1. The third-order valence-electron chi connectivity index (χ3n) is 2.83. The molecule has 7 heteroatoms. The van der Waals surface area contributed by atoms with Crippen LogP contribution in [0.25, 0.3) is 0 Å². The Morgan fingerprint density at radius 1 is 1.41 bits per heavy atom. The van der Waals surface area contributed by atoms with Crippen LogP contribution in [0.3, 0.4) is 0 Å². The number of rotatable bonds is 7. The van der Waals surface area contributed by atoms with Crippen molar-refractivity contribution in [3.05, 3.63) is 0 Å². The number of halogens is 4. The number of nitrogens with zero attached hydrogens (tertiary/aromatic N) is 1. The summed E-state index contributed by atoms with van der Waals surface area (Å²) in [4.78, 5) is 1.99. The van der Waals surface area contributed by atoms with Gasteiger partial charge < -0.3 is 10.5 Å². The molecule has 1 aliphatic rings. The quantitative estimate of drug-likeness (QED) is 0.719. The molecule has 0 amide bonds. The normalized spacial score (nSPS) is 18.0. The molecule has 3 nitrogen and oxygen atoms in total. The average molecular weight is 277 g/mol. The maximum atomic E-state index is 11.8. The molecule has 1 atom stereocenters. The highest BCUT2D eigenvalue weighted by molar-refractivity contribution is 5.85. The van der Waals surface area contributed by atoms with Gasteiger partial charge in [-0.3, -0.25) is 4.90 Å². The van der Waals surface area contributed by atoms with Crippen LogP contribution in [0.5, 0.6) is 0 Å². The largest absolute Gasteiger partial charge is 0.411 e. The zero-order valence-electron chi connectivity index (χ0n) is 9.87. The fraction of sp³-hybridized carbons (Fsp3) is 1.00. The van der Waals surface area contributed by atoms with Crippen molar-refractivity contribution in [1.29, 1.82) is 0 Å². The molecule has 17 heavy (non-hydrogen) atoms. The first-order valence-corrected chi connectivity index (χ1v) is 5.49. The van der Waals surface area contributed by atoms with Crippen LogP contribution in [-0.2, 0) is 4.74 Å². The van der Waals surface area contributed by atoms with Gasteiger partial charge in [0.15, 0.2) is 0 Å². The number of ether oxygens (including phenoxy) is 1. The molecule has 0 bridgehead atoms. The lowest BCUT2D eigenvalue weighted by Gasteiger charge is -2.26. The summed E-state index contributed by atoms with van der Waals surface area (Å²) >= 11 is 0. The van der Waals surface area contributed by atoms with Crippen LogP contribution >= 0.6 is 12.4 Å². The molecule has 0 aromatic heterocycles. The molecule has 1 fully saturated rings. The fourth-order valence-electron chi connectivity index (χ4n) is 1.78. The second-order valence-electron chi connectivity index (χ2n) is 4.29. The first-order valence-electron chi connectivity index (χ1n) is 5.49. The molecule has 0 spiro atoms. The Morgan fingerprint density at radius 3 is 2.41 bits per heavy atom. The van der Waals surface area contributed by atoms with Crippen LogP contribution in [0.1, 0.15) is 12.8 Å². The first kappa shape index (κ1) is 17.0. The Morgan fingerprint density at radius 2 is 2.00 bits per heavy atom. The van der Waals surface area contributed by atoms with Crippen LogP contribution in [-0.4, -0.2) is 50.5 Å². The summed E-state index contributed by atoms with van der Waals surface area (Å²) in [5.74, 6) is 0.623. The lowest BCUT2D eigenvalue weighted by Crippen LogP contribution is -2.41. The van der Waals surface area contributed by atoms with E-state index in [9.17, 15) is 13.2 Å². The molecule has 2 N–H and O–H groups in total. The van der Waals surface area contributed by atoms with Gasteiger partial charge >= 0.3 is 6.18 Å². The van der Waals surface area contributed by atoms with Gasteiger partial charge in [-0.2, -0.15) is 13.2 Å². The van der Waals surface area contributed by atoms with E-state index in [4.69, 9.17) is 5.73 Å². The molecule has 0 heterocycles. The smallest absolute Gasteiger partial charge is 0.371 e. The van der Waals surface area contributed by atoms with Crippen LogP contribution in [0, 0.1) is 5.92 Å². The van der Waals surface area contributed by atoms with E-state index in [1.165, 1.54) is 12.8 Å². The molecule has 0 aromatic rings. The van der Waals surface area contributed by atoms with E-state index < -0.39 is 12.8 Å². The molecule has 0 saturated heterocycles. The third-order valence-corrected chi connectivity index (χ3v) is 2.83. The summed E-state index contributed by atoms with van der Waals surface area (Å²) in [6.07, 6.45) is -1.88. The topological polar surface area (TPSA) is 38.5 Å². The van der Waals surface area contributed by atoms with E-state index in [0.29, 0.717) is 19.0 Å². The minimum atomic E-state index is -4.23. The maximum Gasteiger partial charge on any atom is 0.411 e. The van der Waals surface area contributed by atoms with Gasteiger partial charge in [-0.05, 0) is 25.8 Å². The Hall–Kier alpha value is -0.0400. The highest BCUT2D eigenvalue weighted by Gasteiger charge is 2.32. The van der Waals surface area contributed by atoms with Gasteiger partial charge in [0.2, 0.25) is 0 Å². The Kier molecular flexibility index (Phi) is 7.39. The first-order chi connectivity index (χ1) is 7.44. The van der Waals surface area contributed by atoms with Crippen LogP contribution in [0.15, 0.2) is 0 Å². The molecule has 0 aromatic carbocycles. The zero-order chi connectivity index (χ0) is 12.2. The van der Waals surface area contributed by atoms with E-state index in [1.807, 2.05) is 11.9 Å². The fourth-order valence-corrected chi connectivity index (χ4v) is 1.78. The molecular weight excluding hydrogens is 257 g/mol. The van der Waals surface area contributed by atoms with Crippen molar-refractivity contribution in [1.82, 2.24) is 4.90 Å². The van der Waals surface area contributed by atoms with E-state index in [2.05, 4.69) is 4.74 Å². The highest BCUT2D eigenvalue weighted by atomic mass is 35.5. The van der Waals surface area contributed by atoms with Crippen molar-refractivity contribution >= 4 is 12.4 Å². The monoisotopic (exact) mass is 276 g/mol. The summed E-state index contributed by atoms with van der Waals surface area (Å²) in [6, 6.07) is 0.287. The predicted molar refractivity (Wildman–Crippen MR) is 62.3 cm³/mol. The molecule has 1 unspecified atom stereocenters. The summed E-state index contributed by atoms with van der Waals surface area (Å²) < 4.78 is 39.9. The summed E-state index contributed by atoms with van der Waals surface area (Å²) in [5, 5.41) is 0. The lowest BCUT2D eigenvalue weighted by molar-refractivity contribution is -0.174. The van der Waals surface area contributed by atoms with Crippen molar-refractivity contribution in [3.8, 4) is 0 Å². The standard InChI is InChI=1S/C10H19F3N2O.ClH/c1-15(9(6-14)8-2-3-8)4-5-16-7-10(11,12)13;/h8-9H,2-7,14H2,1H3;1H. The van der Waals surface area contributed by atoms with Gasteiger partial charge in [0, 0.05) is 19.1 Å². The number of hydrogen-bond acceptors (Lipinski definition) is 3. The number of nitrogens with two attached hydrogens (primary N) is 1. The van der Waals surface area contributed by atoms with E-state index >= 15 is 0 Å². The maximum absolute atomic E-state index is 11.8. The second kappa shape index (κ2) is 7.41. The van der Waals surface area contributed by atoms with Gasteiger partial charge in [0.1, 0.15) is 6.61 Å². The Labute approximate surface area is 106 Å². The Balaban J connectivity index is 0.00000256. The number of likely N-dealkylation sites (N-methyl/N-ethyl adjacent to an activating group) is 1. The van der Waals surface area contributed by atoms with Crippen molar-refractivity contribution in [2.24, 2.45) is 11.7 Å². The Bertz CT molecular complexity index is 212. The minimum Gasteiger partial charge on any atom is -0.371 e. The third kappa shape index (κ3) is 7.08. The molecule has 104 valence electrons. The summed E-state index contributed by atoms with van der Waals surface area (Å²) in [6.45, 7) is -0.0221. The van der Waals surface area contributed by atoms with Gasteiger partial charge in [0.25, 0.3) is 0 Å². The van der Waals surface area contributed by atoms with Gasteiger partial charge in [-0.1, -0.05) is 0 Å². The van der Waals surface area contributed by atoms with Crippen LogP contribution in [0.2, 0.25) is 0 Å². The second-order valence-corrected chi connectivity index (χ2v) is 4.29. The minimum absolute atomic E-state index is 0. The highest BCUT2D eigenvalue weighted by Crippen LogP contribution is 2.34. The molecule has 0 radical (unpaired) electrons. The van der Waals surface area contributed by atoms with Crippen molar-refractivity contribution in [2.45, 2.75) is 25.1 Å². The zero-order valence-corrected chi connectivity index (χ0v) is 10.7. The molecule has 0 aliphatic heterocycles. The van der Waals surface area contributed by atoms with Gasteiger partial charge in [0.05, 0.1) is 6.61 Å². The van der Waals surface area contributed by atoms with Crippen molar-refractivity contribution in [3.63, 3.8) is 0 Å². The van der Waals surface area contributed by atoms with E-state index in [1.54, 1.807) is 0 Å². The molecule has 1 aliphatic carbocycles. The van der Waals surface area contributed by atoms with Crippen LogP contribution < -0.4 is 5.73 Å². The molecular formula is C10H20ClF3N2O. The van der Waals surface area contributed by atoms with E-state index in [0.717, 1.165) is 0 Å². The van der Waals surface area contributed by atoms with Crippen molar-refractivity contribution < 1.29 is 17.9 Å². The van der Waals surface area contributed by atoms with Crippen molar-refractivity contribution in [2.75, 3.05) is 33.4 Å². The number of hydrogen-bond donors (Lipinski definition) is 1. The number of alkyl halides is 3. The summed E-state index contributed by atoms with van der Waals surface area (Å²) in [5.41, 5.74) is 5.63. The summed E-state index contributed by atoms with van der Waals surface area (Å²) in [7, 11) is 1.88. The van der Waals surface area contributed by atoms with Gasteiger partial charge in [-0.25, -0.2) is 0 Å². The molecule has 1 rings (SSSR count). The predicted octanol–water partition coefficient (Wildman–Crippen LogP) is 1.66. The van der Waals surface area contributed by atoms with E-state index in [-0.39, 0.29) is 25.1 Å².